The summed E-state index contributed by atoms with van der Waals surface area (Å²) < 4.78 is 9.92. The number of nitrogens with zero attached hydrogens (tertiary/aromatic N) is 2. The van der Waals surface area contributed by atoms with E-state index in [0.717, 1.165) is 0 Å². The Morgan fingerprint density at radius 3 is 1.64 bits per heavy atom. The van der Waals surface area contributed by atoms with Crippen LogP contribution in [0.1, 0.15) is 11.4 Å². The molecule has 0 saturated carbocycles. The number of carbonyl (C=O) groups excluding carboxylic acids is 2. The first-order valence-corrected chi connectivity index (χ1v) is 7.38. The zero-order chi connectivity index (χ0) is 15.9. The van der Waals surface area contributed by atoms with Crippen LogP contribution in [0.15, 0.2) is 24.3 Å². The van der Waals surface area contributed by atoms with Crippen LogP contribution in [0.4, 0.5) is 0 Å². The van der Waals surface area contributed by atoms with Crippen molar-refractivity contribution < 1.29 is 19.1 Å². The fraction of sp³-hybridized carbons (Fsp3) is 0.286. The van der Waals surface area contributed by atoms with Crippen LogP contribution in [0.5, 0.6) is 0 Å². The summed E-state index contributed by atoms with van der Waals surface area (Å²) in [5.74, 6) is -1.64. The monoisotopic (exact) mass is 342 g/mol. The molecule has 0 fully saturated rings. The Labute approximate surface area is 136 Å². The van der Waals surface area contributed by atoms with Crippen molar-refractivity contribution in [3.8, 4) is 0 Å². The van der Waals surface area contributed by atoms with Gasteiger partial charge in [0.15, 0.2) is 0 Å². The van der Waals surface area contributed by atoms with E-state index in [1.807, 2.05) is 12.1 Å². The molecule has 2 aromatic rings. The van der Waals surface area contributed by atoms with Crippen molar-refractivity contribution in [2.75, 3.05) is 11.8 Å². The average Bonchev–Trinajstić information content (AvgIpc) is 2.56. The van der Waals surface area contributed by atoms with Gasteiger partial charge in [-0.15, -0.1) is 23.2 Å². The zero-order valence-corrected chi connectivity index (χ0v) is 12.9. The molecule has 116 valence electrons. The molecule has 0 saturated heterocycles. The lowest BCUT2D eigenvalue weighted by molar-refractivity contribution is -0.143. The van der Waals surface area contributed by atoms with Crippen molar-refractivity contribution in [2.24, 2.45) is 0 Å². The summed E-state index contributed by atoms with van der Waals surface area (Å²) in [6.45, 7) is -0.200. The van der Waals surface area contributed by atoms with Crippen LogP contribution in [0.25, 0.3) is 11.0 Å². The summed E-state index contributed by atoms with van der Waals surface area (Å²) in [7, 11) is 0. The average molecular weight is 343 g/mol. The number of hydrogen-bond acceptors (Lipinski definition) is 6. The van der Waals surface area contributed by atoms with E-state index in [-0.39, 0.29) is 25.0 Å². The Morgan fingerprint density at radius 1 is 0.864 bits per heavy atom. The summed E-state index contributed by atoms with van der Waals surface area (Å²) in [4.78, 5) is 31.1. The van der Waals surface area contributed by atoms with Gasteiger partial charge in [0, 0.05) is 0 Å². The van der Waals surface area contributed by atoms with Gasteiger partial charge in [0.2, 0.25) is 0 Å². The minimum Gasteiger partial charge on any atom is -0.458 e. The number of ether oxygens (including phenoxy) is 2. The van der Waals surface area contributed by atoms with Crippen LogP contribution in [0.2, 0.25) is 0 Å². The number of alkyl halides is 2. The van der Waals surface area contributed by atoms with E-state index < -0.39 is 11.9 Å². The van der Waals surface area contributed by atoms with Crippen molar-refractivity contribution in [1.29, 1.82) is 0 Å². The molecule has 0 aliphatic heterocycles. The molecule has 2 rings (SSSR count). The van der Waals surface area contributed by atoms with E-state index in [9.17, 15) is 9.59 Å². The fourth-order valence-electron chi connectivity index (χ4n) is 1.68. The highest BCUT2D eigenvalue weighted by molar-refractivity contribution is 6.26. The lowest BCUT2D eigenvalue weighted by Gasteiger charge is -2.10. The van der Waals surface area contributed by atoms with Crippen molar-refractivity contribution >= 4 is 46.2 Å². The van der Waals surface area contributed by atoms with E-state index in [4.69, 9.17) is 32.7 Å². The maximum atomic E-state index is 11.2. The number of aromatic nitrogens is 2. The van der Waals surface area contributed by atoms with Gasteiger partial charge < -0.3 is 9.47 Å². The van der Waals surface area contributed by atoms with Crippen LogP contribution < -0.4 is 0 Å². The lowest BCUT2D eigenvalue weighted by Crippen LogP contribution is -2.13. The summed E-state index contributed by atoms with van der Waals surface area (Å²) >= 11 is 10.8. The molecule has 0 bridgehead atoms. The summed E-state index contributed by atoms with van der Waals surface area (Å²) in [5, 5.41) is 0. The Morgan fingerprint density at radius 2 is 1.27 bits per heavy atom. The smallest absolute Gasteiger partial charge is 0.321 e. The van der Waals surface area contributed by atoms with Crippen LogP contribution in [-0.2, 0) is 32.3 Å². The minimum absolute atomic E-state index is 0.100. The molecule has 0 spiro atoms. The van der Waals surface area contributed by atoms with Gasteiger partial charge in [-0.05, 0) is 12.1 Å². The van der Waals surface area contributed by atoms with Gasteiger partial charge in [0.25, 0.3) is 0 Å². The van der Waals surface area contributed by atoms with E-state index in [0.29, 0.717) is 22.4 Å². The van der Waals surface area contributed by atoms with E-state index in [1.54, 1.807) is 12.1 Å². The Kier molecular flexibility index (Phi) is 5.91. The maximum absolute atomic E-state index is 11.2. The number of benzene rings is 1. The minimum atomic E-state index is -0.569. The van der Waals surface area contributed by atoms with Gasteiger partial charge in [-0.3, -0.25) is 9.59 Å². The number of fused-ring (bicyclic) bond motifs is 1. The van der Waals surface area contributed by atoms with Crippen LogP contribution in [0, 0.1) is 0 Å². The number of para-hydroxylation sites is 2. The molecule has 1 heterocycles. The SMILES string of the molecule is O=C(CCl)OCc1nc2ccccc2nc1COC(=O)CCl. The topological polar surface area (TPSA) is 78.4 Å². The Bertz CT molecular complexity index is 635. The second kappa shape index (κ2) is 7.91. The third kappa shape index (κ3) is 4.29. The van der Waals surface area contributed by atoms with Gasteiger partial charge in [0.1, 0.15) is 36.4 Å². The van der Waals surface area contributed by atoms with Crippen molar-refractivity contribution in [3.63, 3.8) is 0 Å². The Hall–Kier alpha value is -1.92. The molecule has 0 radical (unpaired) electrons. The third-order valence-corrected chi connectivity index (χ3v) is 3.12. The van der Waals surface area contributed by atoms with Gasteiger partial charge in [-0.1, -0.05) is 12.1 Å². The standard InChI is InChI=1S/C14H12Cl2N2O4/c15-5-13(19)21-7-11-12(8-22-14(20)6-16)18-10-4-2-1-3-9(10)17-11/h1-4H,5-8H2. The quantitative estimate of drug-likeness (QED) is 0.591. The van der Waals surface area contributed by atoms with E-state index in [2.05, 4.69) is 9.97 Å². The highest BCUT2D eigenvalue weighted by Crippen LogP contribution is 2.15. The van der Waals surface area contributed by atoms with Crippen LogP contribution in [-0.4, -0.2) is 33.7 Å². The molecule has 1 aromatic heterocycles. The van der Waals surface area contributed by atoms with Crippen LogP contribution >= 0.6 is 23.2 Å². The Balaban J connectivity index is 2.27. The fourth-order valence-corrected chi connectivity index (χ4v) is 1.83. The second-order valence-corrected chi connectivity index (χ2v) is 4.73. The lowest BCUT2D eigenvalue weighted by atomic mass is 10.2. The molecule has 0 atom stereocenters. The van der Waals surface area contributed by atoms with Crippen molar-refractivity contribution in [2.45, 2.75) is 13.2 Å². The van der Waals surface area contributed by atoms with Gasteiger partial charge in [0.05, 0.1) is 11.0 Å². The van der Waals surface area contributed by atoms with Gasteiger partial charge in [-0.25, -0.2) is 9.97 Å². The largest absolute Gasteiger partial charge is 0.458 e. The number of esters is 2. The van der Waals surface area contributed by atoms with Crippen molar-refractivity contribution in [3.05, 3.63) is 35.7 Å². The summed E-state index contributed by atoms with van der Waals surface area (Å²) in [6, 6.07) is 7.20. The molecule has 0 amide bonds. The van der Waals surface area contributed by atoms with Crippen LogP contribution in [0.3, 0.4) is 0 Å². The van der Waals surface area contributed by atoms with Gasteiger partial charge in [-0.2, -0.15) is 0 Å². The first-order chi connectivity index (χ1) is 10.6. The predicted octanol–water partition coefficient (Wildman–Crippen LogP) is 2.19. The molecule has 6 nitrogen and oxygen atoms in total. The van der Waals surface area contributed by atoms with E-state index in [1.165, 1.54) is 0 Å². The molecule has 0 unspecified atom stereocenters. The number of hydrogen-bond donors (Lipinski definition) is 0. The predicted molar refractivity (Wildman–Crippen MR) is 80.6 cm³/mol. The molecule has 0 N–H and O–H groups in total. The first kappa shape index (κ1) is 16.5. The molecule has 0 aliphatic carbocycles. The second-order valence-electron chi connectivity index (χ2n) is 4.19. The highest BCUT2D eigenvalue weighted by Gasteiger charge is 2.13. The molecule has 8 heteroatoms. The number of rotatable bonds is 6. The summed E-state index contributed by atoms with van der Waals surface area (Å²) in [6.07, 6.45) is 0. The summed E-state index contributed by atoms with van der Waals surface area (Å²) in [5.41, 5.74) is 2.10. The van der Waals surface area contributed by atoms with Crippen molar-refractivity contribution in [1.82, 2.24) is 9.97 Å². The molecule has 1 aromatic carbocycles. The maximum Gasteiger partial charge on any atom is 0.321 e. The molecule has 0 aliphatic rings. The normalized spacial score (nSPS) is 10.5. The highest BCUT2D eigenvalue weighted by atomic mass is 35.5. The molecular formula is C14H12Cl2N2O4. The first-order valence-electron chi connectivity index (χ1n) is 6.31. The zero-order valence-electron chi connectivity index (χ0n) is 11.4. The number of halogens is 2. The molecule has 22 heavy (non-hydrogen) atoms. The number of carbonyl (C=O) groups is 2. The van der Waals surface area contributed by atoms with E-state index >= 15 is 0 Å². The van der Waals surface area contributed by atoms with Gasteiger partial charge >= 0.3 is 11.9 Å². The third-order valence-electron chi connectivity index (χ3n) is 2.68. The molecular weight excluding hydrogens is 331 g/mol.